The molecule has 0 atom stereocenters. The lowest BCUT2D eigenvalue weighted by molar-refractivity contribution is -0.143. The number of halogens is 4. The Morgan fingerprint density at radius 1 is 1.27 bits per heavy atom. The first-order valence-electron chi connectivity index (χ1n) is 6.45. The number of esters is 1. The standard InChI is InChI=1S/C14H14F3IO4/c1-2-21-12(19)4-3-7-22-11-6-5-9(8-10(11)18)13(20)14(15,16)17/h5-6,8H,2-4,7H2,1H3. The van der Waals surface area contributed by atoms with Gasteiger partial charge in [0, 0.05) is 12.0 Å². The van der Waals surface area contributed by atoms with E-state index in [1.807, 2.05) is 0 Å². The number of alkyl halides is 3. The molecule has 0 unspecified atom stereocenters. The van der Waals surface area contributed by atoms with Gasteiger partial charge in [-0.1, -0.05) is 0 Å². The van der Waals surface area contributed by atoms with Gasteiger partial charge in [-0.3, -0.25) is 9.59 Å². The van der Waals surface area contributed by atoms with Crippen molar-refractivity contribution in [1.29, 1.82) is 0 Å². The Bertz CT molecular complexity index is 543. The van der Waals surface area contributed by atoms with Gasteiger partial charge in [-0.05, 0) is 54.1 Å². The van der Waals surface area contributed by atoms with Crippen LogP contribution in [-0.2, 0) is 9.53 Å². The third kappa shape index (κ3) is 5.82. The van der Waals surface area contributed by atoms with Crippen molar-refractivity contribution in [2.24, 2.45) is 0 Å². The number of Topliss-reactive ketones (excluding diaryl/α,β-unsaturated/α-hetero) is 1. The number of benzene rings is 1. The number of hydrogen-bond acceptors (Lipinski definition) is 4. The highest BCUT2D eigenvalue weighted by Gasteiger charge is 2.39. The molecule has 1 rings (SSSR count). The summed E-state index contributed by atoms with van der Waals surface area (Å²) in [6.45, 7) is 2.24. The van der Waals surface area contributed by atoms with E-state index in [-0.39, 0.29) is 19.0 Å². The van der Waals surface area contributed by atoms with Gasteiger partial charge in [0.25, 0.3) is 5.78 Å². The molecule has 4 nitrogen and oxygen atoms in total. The van der Waals surface area contributed by atoms with Crippen molar-refractivity contribution in [2.75, 3.05) is 13.2 Å². The Labute approximate surface area is 139 Å². The van der Waals surface area contributed by atoms with Crippen LogP contribution in [0.1, 0.15) is 30.1 Å². The third-order valence-corrected chi connectivity index (χ3v) is 3.38. The van der Waals surface area contributed by atoms with Crippen LogP contribution in [0.3, 0.4) is 0 Å². The van der Waals surface area contributed by atoms with Crippen molar-refractivity contribution < 1.29 is 32.2 Å². The number of ether oxygens (including phenoxy) is 2. The highest BCUT2D eigenvalue weighted by Crippen LogP contribution is 2.27. The van der Waals surface area contributed by atoms with Crippen LogP contribution >= 0.6 is 22.6 Å². The molecule has 0 amide bonds. The second-order valence-corrected chi connectivity index (χ2v) is 5.39. The van der Waals surface area contributed by atoms with E-state index >= 15 is 0 Å². The Morgan fingerprint density at radius 3 is 2.50 bits per heavy atom. The van der Waals surface area contributed by atoms with Crippen molar-refractivity contribution in [3.8, 4) is 5.75 Å². The summed E-state index contributed by atoms with van der Waals surface area (Å²) in [6.07, 6.45) is -4.27. The second kappa shape index (κ2) is 8.35. The lowest BCUT2D eigenvalue weighted by Gasteiger charge is -2.10. The molecule has 0 saturated carbocycles. The lowest BCUT2D eigenvalue weighted by Crippen LogP contribution is -2.22. The fourth-order valence-corrected chi connectivity index (χ4v) is 2.23. The first-order chi connectivity index (χ1) is 10.3. The molecular weight excluding hydrogens is 416 g/mol. The van der Waals surface area contributed by atoms with Gasteiger partial charge in [-0.15, -0.1) is 0 Å². The van der Waals surface area contributed by atoms with Crippen molar-refractivity contribution >= 4 is 34.3 Å². The molecule has 0 heterocycles. The van der Waals surface area contributed by atoms with Gasteiger partial charge in [0.1, 0.15) is 5.75 Å². The van der Waals surface area contributed by atoms with Crippen LogP contribution in [0.5, 0.6) is 5.75 Å². The summed E-state index contributed by atoms with van der Waals surface area (Å²) in [5.74, 6) is -1.85. The van der Waals surface area contributed by atoms with Crippen molar-refractivity contribution in [3.63, 3.8) is 0 Å². The molecule has 0 aromatic heterocycles. The number of ketones is 1. The van der Waals surface area contributed by atoms with E-state index < -0.39 is 17.5 Å². The predicted molar refractivity (Wildman–Crippen MR) is 80.9 cm³/mol. The number of carbonyl (C=O) groups excluding carboxylic acids is 2. The Morgan fingerprint density at radius 2 is 1.95 bits per heavy atom. The molecule has 1 aromatic carbocycles. The fraction of sp³-hybridized carbons (Fsp3) is 0.429. The van der Waals surface area contributed by atoms with Crippen LogP contribution < -0.4 is 4.74 Å². The van der Waals surface area contributed by atoms with E-state index in [2.05, 4.69) is 0 Å². The molecule has 0 aliphatic heterocycles. The Balaban J connectivity index is 2.56. The normalized spacial score (nSPS) is 11.1. The summed E-state index contributed by atoms with van der Waals surface area (Å²) in [6, 6.07) is 3.50. The predicted octanol–water partition coefficient (Wildman–Crippen LogP) is 3.76. The van der Waals surface area contributed by atoms with E-state index in [1.165, 1.54) is 6.07 Å². The van der Waals surface area contributed by atoms with Crippen LogP contribution in [0.25, 0.3) is 0 Å². The zero-order valence-electron chi connectivity index (χ0n) is 11.7. The molecule has 0 N–H and O–H groups in total. The molecule has 22 heavy (non-hydrogen) atoms. The zero-order valence-corrected chi connectivity index (χ0v) is 13.9. The topological polar surface area (TPSA) is 52.6 Å². The van der Waals surface area contributed by atoms with Gasteiger partial charge < -0.3 is 9.47 Å². The minimum atomic E-state index is -4.90. The van der Waals surface area contributed by atoms with E-state index in [1.54, 1.807) is 29.5 Å². The fourth-order valence-electron chi connectivity index (χ4n) is 1.55. The molecule has 1 aromatic rings. The van der Waals surface area contributed by atoms with Gasteiger partial charge in [0.05, 0.1) is 16.8 Å². The van der Waals surface area contributed by atoms with Crippen molar-refractivity contribution in [1.82, 2.24) is 0 Å². The largest absolute Gasteiger partial charge is 0.492 e. The van der Waals surface area contributed by atoms with E-state index in [0.717, 1.165) is 12.1 Å². The van der Waals surface area contributed by atoms with E-state index in [4.69, 9.17) is 9.47 Å². The third-order valence-electron chi connectivity index (χ3n) is 2.54. The monoisotopic (exact) mass is 430 g/mol. The number of hydrogen-bond donors (Lipinski definition) is 0. The maximum absolute atomic E-state index is 12.3. The van der Waals surface area contributed by atoms with Crippen molar-refractivity contribution in [3.05, 3.63) is 27.3 Å². The van der Waals surface area contributed by atoms with Gasteiger partial charge in [0.2, 0.25) is 0 Å². The maximum atomic E-state index is 12.3. The van der Waals surface area contributed by atoms with Crippen molar-refractivity contribution in [2.45, 2.75) is 25.9 Å². The number of carbonyl (C=O) groups is 2. The summed E-state index contributed by atoms with van der Waals surface area (Å²) in [5, 5.41) is 0. The first kappa shape index (κ1) is 18.7. The van der Waals surface area contributed by atoms with Crippen LogP contribution in [0.4, 0.5) is 13.2 Å². The summed E-state index contributed by atoms with van der Waals surface area (Å²) < 4.78 is 47.5. The molecule has 0 fully saturated rings. The Hall–Kier alpha value is -1.32. The van der Waals surface area contributed by atoms with Gasteiger partial charge in [-0.2, -0.15) is 13.2 Å². The molecular formula is C14H14F3IO4. The molecule has 0 spiro atoms. The number of rotatable bonds is 7. The van der Waals surface area contributed by atoms with Crippen LogP contribution in [0, 0.1) is 3.57 Å². The maximum Gasteiger partial charge on any atom is 0.454 e. The van der Waals surface area contributed by atoms with Crippen LogP contribution in [0.2, 0.25) is 0 Å². The highest BCUT2D eigenvalue weighted by atomic mass is 127. The highest BCUT2D eigenvalue weighted by molar-refractivity contribution is 14.1. The SMILES string of the molecule is CCOC(=O)CCCOc1ccc(C(=O)C(F)(F)F)cc1I. The minimum Gasteiger partial charge on any atom is -0.492 e. The summed E-state index contributed by atoms with van der Waals surface area (Å²) in [5.41, 5.74) is -0.434. The van der Waals surface area contributed by atoms with Gasteiger partial charge in [-0.25, -0.2) is 0 Å². The van der Waals surface area contributed by atoms with Gasteiger partial charge in [0.15, 0.2) is 0 Å². The summed E-state index contributed by atoms with van der Waals surface area (Å²) in [7, 11) is 0. The smallest absolute Gasteiger partial charge is 0.454 e. The van der Waals surface area contributed by atoms with E-state index in [0.29, 0.717) is 22.3 Å². The first-order valence-corrected chi connectivity index (χ1v) is 7.53. The zero-order chi connectivity index (χ0) is 16.8. The minimum absolute atomic E-state index is 0.203. The summed E-state index contributed by atoms with van der Waals surface area (Å²) in [4.78, 5) is 22.2. The van der Waals surface area contributed by atoms with Gasteiger partial charge >= 0.3 is 12.1 Å². The molecule has 0 radical (unpaired) electrons. The average Bonchev–Trinajstić information content (AvgIpc) is 2.43. The van der Waals surface area contributed by atoms with Crippen LogP contribution in [0.15, 0.2) is 18.2 Å². The molecule has 122 valence electrons. The Kier molecular flexibility index (Phi) is 7.11. The van der Waals surface area contributed by atoms with Crippen LogP contribution in [-0.4, -0.2) is 31.1 Å². The molecule has 8 heteroatoms. The molecule has 0 aliphatic rings. The quantitative estimate of drug-likeness (QED) is 0.286. The summed E-state index contributed by atoms with van der Waals surface area (Å²) >= 11 is 1.79. The average molecular weight is 430 g/mol. The second-order valence-electron chi connectivity index (χ2n) is 4.23. The van der Waals surface area contributed by atoms with E-state index in [9.17, 15) is 22.8 Å². The molecule has 0 aliphatic carbocycles. The molecule has 0 bridgehead atoms. The lowest BCUT2D eigenvalue weighted by atomic mass is 10.1. The molecule has 0 saturated heterocycles.